The maximum Gasteiger partial charge on any atom is 0.335 e. The lowest BCUT2D eigenvalue weighted by Gasteiger charge is -2.43. The zero-order valence-electron chi connectivity index (χ0n) is 27.8. The van der Waals surface area contributed by atoms with E-state index in [0.717, 1.165) is 23.3 Å². The summed E-state index contributed by atoms with van der Waals surface area (Å²) in [6, 6.07) is 36.1. The van der Waals surface area contributed by atoms with E-state index in [2.05, 4.69) is 119 Å². The molecule has 7 heteroatoms. The van der Waals surface area contributed by atoms with Gasteiger partial charge in [-0.05, 0) is 64.0 Å². The summed E-state index contributed by atoms with van der Waals surface area (Å²) in [5.74, 6) is 0.798. The van der Waals surface area contributed by atoms with Gasteiger partial charge in [0.05, 0.1) is 26.0 Å². The smallest absolute Gasteiger partial charge is 0.335 e. The van der Waals surface area contributed by atoms with E-state index >= 15 is 0 Å². The highest BCUT2D eigenvalue weighted by Crippen LogP contribution is 2.51. The van der Waals surface area contributed by atoms with Crippen LogP contribution in [0.15, 0.2) is 103 Å². The first kappa shape index (κ1) is 34.9. The zero-order chi connectivity index (χ0) is 32.3. The third kappa shape index (κ3) is 8.84. The van der Waals surface area contributed by atoms with Crippen LogP contribution in [0.3, 0.4) is 0 Å². The number of benzene rings is 4. The van der Waals surface area contributed by atoms with E-state index in [0.29, 0.717) is 32.8 Å². The van der Waals surface area contributed by atoms with Crippen LogP contribution in [0.25, 0.3) is 0 Å². The highest BCUT2D eigenvalue weighted by molar-refractivity contribution is 7.53. The molecule has 45 heavy (non-hydrogen) atoms. The van der Waals surface area contributed by atoms with E-state index < -0.39 is 15.9 Å². The Hall–Kier alpha value is -2.99. The Balaban J connectivity index is 1.60. The summed E-state index contributed by atoms with van der Waals surface area (Å²) in [7, 11) is -5.91. The van der Waals surface area contributed by atoms with Gasteiger partial charge >= 0.3 is 7.60 Å². The van der Waals surface area contributed by atoms with Gasteiger partial charge in [0.2, 0.25) is 0 Å². The average molecular weight is 645 g/mol. The van der Waals surface area contributed by atoms with Crippen molar-refractivity contribution in [3.63, 3.8) is 0 Å². The summed E-state index contributed by atoms with van der Waals surface area (Å²) in [6.07, 6.45) is 1.91. The van der Waals surface area contributed by atoms with Crippen LogP contribution in [-0.2, 0) is 37.0 Å². The van der Waals surface area contributed by atoms with E-state index in [1.165, 1.54) is 21.5 Å². The molecule has 0 fully saturated rings. The molecule has 0 N–H and O–H groups in total. The molecule has 0 spiro atoms. The molecule has 0 aliphatic carbocycles. The van der Waals surface area contributed by atoms with Gasteiger partial charge in [-0.25, -0.2) is 0 Å². The third-order valence-corrected chi connectivity index (χ3v) is 15.2. The molecule has 240 valence electrons. The number of aryl methyl sites for hydroxylation is 1. The fourth-order valence-corrected chi connectivity index (χ4v) is 12.2. The predicted molar refractivity (Wildman–Crippen MR) is 189 cm³/mol. The lowest BCUT2D eigenvalue weighted by Crippen LogP contribution is -2.66. The fourth-order valence-electron chi connectivity index (χ4n) is 5.98. The van der Waals surface area contributed by atoms with Crippen LogP contribution in [-0.4, -0.2) is 34.7 Å². The largest absolute Gasteiger partial charge is 0.491 e. The van der Waals surface area contributed by atoms with Crippen molar-refractivity contribution < 1.29 is 22.8 Å². The molecular weight excluding hydrogens is 595 g/mol. The Morgan fingerprint density at radius 3 is 1.71 bits per heavy atom. The summed E-state index contributed by atoms with van der Waals surface area (Å²) in [4.78, 5) is 0. The standard InChI is InChI=1S/C38H49O5PSi/c1-7-31-20-22-32(23-21-31)28-34-29-33(30-44(39,41-8-2)42-9-3)24-25-37(34)40-26-27-43-45(38(4,5)6,35-16-12-10-13-17-35)36-18-14-11-15-19-36/h10-25,29H,7-9,26-28,30H2,1-6H3. The Morgan fingerprint density at radius 2 is 1.20 bits per heavy atom. The van der Waals surface area contributed by atoms with Crippen LogP contribution < -0.4 is 15.1 Å². The minimum absolute atomic E-state index is 0.109. The van der Waals surface area contributed by atoms with Crippen LogP contribution in [0.4, 0.5) is 0 Å². The highest BCUT2D eigenvalue weighted by atomic mass is 31.2. The lowest BCUT2D eigenvalue weighted by atomic mass is 10.0. The van der Waals surface area contributed by atoms with Gasteiger partial charge in [-0.1, -0.05) is 125 Å². The molecule has 0 aliphatic heterocycles. The molecule has 0 bridgehead atoms. The summed E-state index contributed by atoms with van der Waals surface area (Å²) in [6.45, 7) is 14.2. The molecule has 0 heterocycles. The maximum absolute atomic E-state index is 13.3. The van der Waals surface area contributed by atoms with Crippen molar-refractivity contribution in [3.05, 3.63) is 125 Å². The average Bonchev–Trinajstić information content (AvgIpc) is 3.03. The second-order valence-corrected chi connectivity index (χ2v) is 18.6. The molecule has 4 aromatic carbocycles. The van der Waals surface area contributed by atoms with Gasteiger partial charge in [-0.2, -0.15) is 0 Å². The fraction of sp³-hybridized carbons (Fsp3) is 0.368. The van der Waals surface area contributed by atoms with Gasteiger partial charge in [0.1, 0.15) is 12.4 Å². The van der Waals surface area contributed by atoms with Crippen molar-refractivity contribution in [2.75, 3.05) is 26.4 Å². The zero-order valence-corrected chi connectivity index (χ0v) is 29.6. The Kier molecular flexibility index (Phi) is 12.4. The minimum Gasteiger partial charge on any atom is -0.491 e. The van der Waals surface area contributed by atoms with E-state index in [4.69, 9.17) is 18.2 Å². The van der Waals surface area contributed by atoms with E-state index in [9.17, 15) is 4.57 Å². The first-order valence-electron chi connectivity index (χ1n) is 16.1. The van der Waals surface area contributed by atoms with Gasteiger partial charge in [-0.15, -0.1) is 0 Å². The van der Waals surface area contributed by atoms with Crippen molar-refractivity contribution in [1.82, 2.24) is 0 Å². The van der Waals surface area contributed by atoms with Crippen LogP contribution in [0.5, 0.6) is 5.75 Å². The van der Waals surface area contributed by atoms with E-state index in [1.54, 1.807) is 0 Å². The normalized spacial score (nSPS) is 12.3. The number of ether oxygens (including phenoxy) is 1. The monoisotopic (exact) mass is 644 g/mol. The van der Waals surface area contributed by atoms with Crippen molar-refractivity contribution in [3.8, 4) is 5.75 Å². The molecule has 0 aromatic heterocycles. The van der Waals surface area contributed by atoms with Crippen molar-refractivity contribution in [1.29, 1.82) is 0 Å². The highest BCUT2D eigenvalue weighted by Gasteiger charge is 2.50. The molecule has 0 atom stereocenters. The molecule has 4 aromatic rings. The Bertz CT molecular complexity index is 1470. The lowest BCUT2D eigenvalue weighted by molar-refractivity contribution is 0.207. The molecule has 0 amide bonds. The van der Waals surface area contributed by atoms with Crippen molar-refractivity contribution in [2.45, 2.75) is 65.6 Å². The molecule has 0 radical (unpaired) electrons. The van der Waals surface area contributed by atoms with E-state index in [1.807, 2.05) is 26.0 Å². The van der Waals surface area contributed by atoms with Crippen LogP contribution in [0, 0.1) is 0 Å². The quantitative estimate of drug-likeness (QED) is 0.0695. The van der Waals surface area contributed by atoms with Crippen LogP contribution in [0.2, 0.25) is 5.04 Å². The van der Waals surface area contributed by atoms with E-state index in [-0.39, 0.29) is 11.2 Å². The third-order valence-electron chi connectivity index (χ3n) is 8.05. The minimum atomic E-state index is -3.24. The summed E-state index contributed by atoms with van der Waals surface area (Å²) < 4.78 is 38.1. The van der Waals surface area contributed by atoms with Gasteiger partial charge in [-0.3, -0.25) is 4.57 Å². The van der Waals surface area contributed by atoms with Gasteiger partial charge in [0, 0.05) is 6.42 Å². The van der Waals surface area contributed by atoms with Gasteiger partial charge < -0.3 is 18.2 Å². The first-order valence-corrected chi connectivity index (χ1v) is 19.7. The van der Waals surface area contributed by atoms with Gasteiger partial charge in [0.25, 0.3) is 8.32 Å². The summed E-state index contributed by atoms with van der Waals surface area (Å²) in [5.41, 5.74) is 4.42. The number of hydrogen-bond acceptors (Lipinski definition) is 5. The van der Waals surface area contributed by atoms with Crippen LogP contribution in [0.1, 0.15) is 63.8 Å². The molecule has 0 unspecified atom stereocenters. The maximum atomic E-state index is 13.3. The molecule has 5 nitrogen and oxygen atoms in total. The topological polar surface area (TPSA) is 54.0 Å². The predicted octanol–water partition coefficient (Wildman–Crippen LogP) is 8.56. The number of hydrogen-bond donors (Lipinski definition) is 0. The van der Waals surface area contributed by atoms with Crippen LogP contribution >= 0.6 is 7.60 Å². The molecule has 0 saturated carbocycles. The summed E-state index contributed by atoms with van der Waals surface area (Å²) >= 11 is 0. The van der Waals surface area contributed by atoms with Crippen molar-refractivity contribution >= 4 is 26.3 Å². The molecule has 0 aliphatic rings. The Labute approximate surface area is 271 Å². The first-order chi connectivity index (χ1) is 21.6. The number of rotatable bonds is 16. The second kappa shape index (κ2) is 16.0. The molecule has 0 saturated heterocycles. The van der Waals surface area contributed by atoms with Crippen molar-refractivity contribution in [2.24, 2.45) is 0 Å². The Morgan fingerprint density at radius 1 is 0.667 bits per heavy atom. The SMILES string of the molecule is CCOP(=O)(Cc1ccc(OCCO[Si](c2ccccc2)(c2ccccc2)C(C)(C)C)c(Cc2ccc(CC)cc2)c1)OCC. The molecule has 4 rings (SSSR count). The second-order valence-electron chi connectivity index (χ2n) is 12.3. The molecular formula is C38H49O5PSi. The summed E-state index contributed by atoms with van der Waals surface area (Å²) in [5, 5.41) is 2.39. The van der Waals surface area contributed by atoms with Gasteiger partial charge in [0.15, 0.2) is 0 Å².